The SMILES string of the molecule is CC(C)(C)OC(=O)NC1C[C@H]2CC[C@@H](C1)N2c1nccn2c(Br)c(-c3ccc(C#N)c(F)c3)nc12. The van der Waals surface area contributed by atoms with Gasteiger partial charge in [-0.1, -0.05) is 6.07 Å². The van der Waals surface area contributed by atoms with Crippen molar-refractivity contribution in [2.75, 3.05) is 4.90 Å². The first-order chi connectivity index (χ1) is 16.6. The minimum absolute atomic E-state index is 0.00423. The number of imidazole rings is 1. The molecule has 182 valence electrons. The largest absolute Gasteiger partial charge is 0.444 e. The van der Waals surface area contributed by atoms with Crippen molar-refractivity contribution in [3.05, 3.63) is 46.6 Å². The smallest absolute Gasteiger partial charge is 0.407 e. The van der Waals surface area contributed by atoms with E-state index in [1.165, 1.54) is 12.1 Å². The molecule has 1 amide bonds. The Bertz CT molecular complexity index is 1330. The average Bonchev–Trinajstić information content (AvgIpc) is 3.26. The highest BCUT2D eigenvalue weighted by molar-refractivity contribution is 9.10. The van der Waals surface area contributed by atoms with E-state index in [2.05, 4.69) is 26.1 Å². The van der Waals surface area contributed by atoms with Gasteiger partial charge in [-0.15, -0.1) is 0 Å². The number of nitriles is 1. The topological polar surface area (TPSA) is 95.5 Å². The first-order valence-corrected chi connectivity index (χ1v) is 12.4. The zero-order valence-corrected chi connectivity index (χ0v) is 21.3. The second kappa shape index (κ2) is 8.79. The van der Waals surface area contributed by atoms with Crippen LogP contribution in [0.4, 0.5) is 15.0 Å². The van der Waals surface area contributed by atoms with Gasteiger partial charge in [-0.05, 0) is 74.5 Å². The van der Waals surface area contributed by atoms with Crippen molar-refractivity contribution in [2.45, 2.75) is 70.2 Å². The Balaban J connectivity index is 1.43. The molecule has 0 radical (unpaired) electrons. The molecule has 2 fully saturated rings. The molecular weight excluding hydrogens is 515 g/mol. The molecule has 5 rings (SSSR count). The summed E-state index contributed by atoms with van der Waals surface area (Å²) in [5.74, 6) is 0.196. The molecule has 3 aromatic rings. The fourth-order valence-electron chi connectivity index (χ4n) is 5.17. The summed E-state index contributed by atoms with van der Waals surface area (Å²) in [5.41, 5.74) is 1.29. The lowest BCUT2D eigenvalue weighted by molar-refractivity contribution is 0.0492. The Kier molecular flexibility index (Phi) is 5.91. The van der Waals surface area contributed by atoms with E-state index < -0.39 is 11.4 Å². The first kappa shape index (κ1) is 23.5. The lowest BCUT2D eigenvalue weighted by Crippen LogP contribution is -2.51. The van der Waals surface area contributed by atoms with Crippen molar-refractivity contribution in [3.8, 4) is 17.3 Å². The third-order valence-electron chi connectivity index (χ3n) is 6.53. The van der Waals surface area contributed by atoms with Crippen LogP contribution in [0.2, 0.25) is 0 Å². The van der Waals surface area contributed by atoms with E-state index in [1.807, 2.05) is 37.4 Å². The molecule has 2 saturated heterocycles. The molecule has 1 N–H and O–H groups in total. The number of aromatic nitrogens is 3. The van der Waals surface area contributed by atoms with Gasteiger partial charge in [-0.2, -0.15) is 5.26 Å². The Morgan fingerprint density at radius 3 is 2.63 bits per heavy atom. The maximum absolute atomic E-state index is 14.3. The number of benzene rings is 1. The summed E-state index contributed by atoms with van der Waals surface area (Å²) < 4.78 is 22.3. The fourth-order valence-corrected chi connectivity index (χ4v) is 5.77. The highest BCUT2D eigenvalue weighted by Gasteiger charge is 2.43. The molecule has 1 unspecified atom stereocenters. The maximum Gasteiger partial charge on any atom is 0.407 e. The average molecular weight is 541 g/mol. The van der Waals surface area contributed by atoms with E-state index >= 15 is 0 Å². The van der Waals surface area contributed by atoms with E-state index in [9.17, 15) is 9.18 Å². The third-order valence-corrected chi connectivity index (χ3v) is 7.28. The molecule has 4 heterocycles. The highest BCUT2D eigenvalue weighted by atomic mass is 79.9. The molecular formula is C25H26BrFN6O2. The molecule has 2 bridgehead atoms. The number of fused-ring (bicyclic) bond motifs is 3. The number of rotatable bonds is 3. The summed E-state index contributed by atoms with van der Waals surface area (Å²) in [5, 5.41) is 12.1. The zero-order chi connectivity index (χ0) is 24.9. The molecule has 10 heteroatoms. The van der Waals surface area contributed by atoms with E-state index in [-0.39, 0.29) is 29.8 Å². The number of alkyl carbamates (subject to hydrolysis) is 1. The molecule has 3 atom stereocenters. The molecule has 1 aromatic carbocycles. The van der Waals surface area contributed by atoms with Gasteiger partial charge in [-0.25, -0.2) is 19.2 Å². The number of ether oxygens (including phenoxy) is 1. The lowest BCUT2D eigenvalue weighted by atomic mass is 9.97. The summed E-state index contributed by atoms with van der Waals surface area (Å²) in [6.45, 7) is 5.57. The number of hydrogen-bond donors (Lipinski definition) is 1. The quantitative estimate of drug-likeness (QED) is 0.490. The highest BCUT2D eigenvalue weighted by Crippen LogP contribution is 2.41. The Labute approximate surface area is 211 Å². The van der Waals surface area contributed by atoms with Gasteiger partial charge in [-0.3, -0.25) is 4.40 Å². The van der Waals surface area contributed by atoms with Gasteiger partial charge in [0.15, 0.2) is 11.5 Å². The molecule has 35 heavy (non-hydrogen) atoms. The number of anilines is 1. The summed E-state index contributed by atoms with van der Waals surface area (Å²) in [6.07, 6.45) is 6.79. The van der Waals surface area contributed by atoms with E-state index in [1.54, 1.807) is 12.3 Å². The Morgan fingerprint density at radius 1 is 1.29 bits per heavy atom. The predicted molar refractivity (Wildman–Crippen MR) is 132 cm³/mol. The van der Waals surface area contributed by atoms with E-state index in [0.29, 0.717) is 21.5 Å². The molecule has 0 aliphatic carbocycles. The van der Waals surface area contributed by atoms with Gasteiger partial charge in [0, 0.05) is 36.1 Å². The molecule has 2 aromatic heterocycles. The first-order valence-electron chi connectivity index (χ1n) is 11.6. The number of halogens is 2. The van der Waals surface area contributed by atoms with Gasteiger partial charge in [0.2, 0.25) is 0 Å². The second-order valence-electron chi connectivity index (χ2n) is 10.1. The fraction of sp³-hybridized carbons (Fsp3) is 0.440. The van der Waals surface area contributed by atoms with Crippen molar-refractivity contribution in [3.63, 3.8) is 0 Å². The van der Waals surface area contributed by atoms with Gasteiger partial charge in [0.25, 0.3) is 0 Å². The molecule has 0 saturated carbocycles. The zero-order valence-electron chi connectivity index (χ0n) is 19.8. The van der Waals surface area contributed by atoms with Crippen LogP contribution in [0.5, 0.6) is 0 Å². The van der Waals surface area contributed by atoms with E-state index in [0.717, 1.165) is 31.5 Å². The maximum atomic E-state index is 14.3. The number of carbonyl (C=O) groups excluding carboxylic acids is 1. The van der Waals surface area contributed by atoms with Crippen LogP contribution in [0.1, 0.15) is 52.0 Å². The molecule has 2 aliphatic rings. The minimum atomic E-state index is -0.579. The predicted octanol–water partition coefficient (Wildman–Crippen LogP) is 5.19. The van der Waals surface area contributed by atoms with Crippen LogP contribution in [0, 0.1) is 17.1 Å². The van der Waals surface area contributed by atoms with E-state index in [4.69, 9.17) is 20.0 Å². The lowest BCUT2D eigenvalue weighted by Gasteiger charge is -2.40. The molecule has 2 aliphatic heterocycles. The minimum Gasteiger partial charge on any atom is -0.444 e. The monoisotopic (exact) mass is 540 g/mol. The van der Waals surface area contributed by atoms with Crippen LogP contribution in [-0.2, 0) is 4.74 Å². The number of hydrogen-bond acceptors (Lipinski definition) is 6. The van der Waals surface area contributed by atoms with Crippen LogP contribution in [0.3, 0.4) is 0 Å². The van der Waals surface area contributed by atoms with Crippen LogP contribution in [0.25, 0.3) is 16.9 Å². The summed E-state index contributed by atoms with van der Waals surface area (Å²) in [6, 6.07) is 6.82. The number of nitrogens with zero attached hydrogens (tertiary/aromatic N) is 5. The number of carbonyl (C=O) groups is 1. The number of piperidine rings is 1. The summed E-state index contributed by atoms with van der Waals surface area (Å²) >= 11 is 3.62. The van der Waals surface area contributed by atoms with Crippen LogP contribution in [0.15, 0.2) is 35.2 Å². The normalized spacial score (nSPS) is 21.7. The van der Waals surface area contributed by atoms with Gasteiger partial charge in [0.05, 0.1) is 5.56 Å². The van der Waals surface area contributed by atoms with Gasteiger partial charge in [0.1, 0.15) is 27.8 Å². The van der Waals surface area contributed by atoms with Crippen LogP contribution in [-0.4, -0.2) is 44.2 Å². The summed E-state index contributed by atoms with van der Waals surface area (Å²) in [4.78, 5) is 24.2. The summed E-state index contributed by atoms with van der Waals surface area (Å²) in [7, 11) is 0. The number of amides is 1. The second-order valence-corrected chi connectivity index (χ2v) is 10.9. The standard InChI is InChI=1S/C25H26BrFN6O2/c1-25(2,3)35-24(34)30-16-11-17-6-7-18(12-16)33(17)22-23-31-20(21(26)32(23)9-8-29-22)14-4-5-15(13-28)19(27)10-14/h4-5,8-10,16-18H,6-7,11-12H2,1-3H3,(H,30,34)/t16?,17-,18+. The third kappa shape index (κ3) is 4.45. The van der Waals surface area contributed by atoms with Crippen molar-refractivity contribution in [1.82, 2.24) is 19.7 Å². The van der Waals surface area contributed by atoms with Crippen LogP contribution >= 0.6 is 15.9 Å². The van der Waals surface area contributed by atoms with Crippen LogP contribution < -0.4 is 10.2 Å². The number of nitrogens with one attached hydrogen (secondary N) is 1. The molecule has 8 nitrogen and oxygen atoms in total. The van der Waals surface area contributed by atoms with Gasteiger partial charge >= 0.3 is 6.09 Å². The van der Waals surface area contributed by atoms with Crippen molar-refractivity contribution < 1.29 is 13.9 Å². The Hall–Kier alpha value is -3.19. The van der Waals surface area contributed by atoms with Crippen molar-refractivity contribution >= 4 is 33.5 Å². The Morgan fingerprint density at radius 2 is 2.00 bits per heavy atom. The van der Waals surface area contributed by atoms with Gasteiger partial charge < -0.3 is 15.0 Å². The van der Waals surface area contributed by atoms with Crippen molar-refractivity contribution in [2.24, 2.45) is 0 Å². The van der Waals surface area contributed by atoms with Crippen molar-refractivity contribution in [1.29, 1.82) is 5.26 Å². The molecule has 0 spiro atoms.